The van der Waals surface area contributed by atoms with Gasteiger partial charge >= 0.3 is 0 Å². The van der Waals surface area contributed by atoms with E-state index in [1.54, 1.807) is 6.07 Å². The molecule has 0 aromatic heterocycles. The smallest absolute Gasteiger partial charge is 0.240 e. The number of hydrogen-bond acceptors (Lipinski definition) is 5. The second-order valence-corrected chi connectivity index (χ2v) is 8.44. The quantitative estimate of drug-likeness (QED) is 0.692. The minimum absolute atomic E-state index is 0.108. The van der Waals surface area contributed by atoms with Crippen molar-refractivity contribution in [2.45, 2.75) is 31.6 Å². The van der Waals surface area contributed by atoms with Crippen molar-refractivity contribution in [1.82, 2.24) is 4.72 Å². The lowest BCUT2D eigenvalue weighted by atomic mass is 10.1. The standard InChI is InChI=1S/C20H24N2O5S/c1-14-5-6-15(2)17(12-14)22-20(23)4-3-9-21-28(24,25)16-7-8-18-19(13-16)27-11-10-26-18/h5-8,12-13,21H,3-4,9-11H2,1-2H3,(H,22,23). The Balaban J connectivity index is 1.50. The van der Waals surface area contributed by atoms with Crippen LogP contribution in [0.15, 0.2) is 41.3 Å². The van der Waals surface area contributed by atoms with Crippen LogP contribution in [-0.4, -0.2) is 34.1 Å². The molecule has 0 unspecified atom stereocenters. The summed E-state index contributed by atoms with van der Waals surface area (Å²) in [5, 5.41) is 2.87. The molecule has 2 aromatic rings. The third kappa shape index (κ3) is 5.02. The highest BCUT2D eigenvalue weighted by Crippen LogP contribution is 2.32. The van der Waals surface area contributed by atoms with Gasteiger partial charge in [-0.1, -0.05) is 12.1 Å². The van der Waals surface area contributed by atoms with Gasteiger partial charge in [-0.05, 0) is 49.6 Å². The van der Waals surface area contributed by atoms with Gasteiger partial charge in [0, 0.05) is 24.7 Å². The van der Waals surface area contributed by atoms with E-state index < -0.39 is 10.0 Å². The summed E-state index contributed by atoms with van der Waals surface area (Å²) in [6.07, 6.45) is 0.609. The Morgan fingerprint density at radius 2 is 1.79 bits per heavy atom. The number of carbonyl (C=O) groups is 1. The maximum absolute atomic E-state index is 12.4. The zero-order valence-corrected chi connectivity index (χ0v) is 16.8. The number of rotatable bonds is 7. The highest BCUT2D eigenvalue weighted by Gasteiger charge is 2.19. The fraction of sp³-hybridized carbons (Fsp3) is 0.350. The number of nitrogens with one attached hydrogen (secondary N) is 2. The van der Waals surface area contributed by atoms with Crippen molar-refractivity contribution >= 4 is 21.6 Å². The van der Waals surface area contributed by atoms with Gasteiger partial charge in [0.15, 0.2) is 11.5 Å². The van der Waals surface area contributed by atoms with Crippen LogP contribution in [0.1, 0.15) is 24.0 Å². The topological polar surface area (TPSA) is 93.7 Å². The molecule has 0 aliphatic carbocycles. The molecule has 3 rings (SSSR count). The van der Waals surface area contributed by atoms with Gasteiger partial charge < -0.3 is 14.8 Å². The van der Waals surface area contributed by atoms with E-state index in [1.165, 1.54) is 12.1 Å². The van der Waals surface area contributed by atoms with Gasteiger partial charge in [0.2, 0.25) is 15.9 Å². The van der Waals surface area contributed by atoms with Gasteiger partial charge in [-0.15, -0.1) is 0 Å². The number of amides is 1. The molecule has 0 radical (unpaired) electrons. The first-order valence-corrected chi connectivity index (χ1v) is 10.6. The van der Waals surface area contributed by atoms with Gasteiger partial charge in [0.05, 0.1) is 4.90 Å². The van der Waals surface area contributed by atoms with Crippen molar-refractivity contribution in [3.63, 3.8) is 0 Å². The van der Waals surface area contributed by atoms with Gasteiger partial charge in [-0.3, -0.25) is 4.79 Å². The summed E-state index contributed by atoms with van der Waals surface area (Å²) < 4.78 is 38.2. The van der Waals surface area contributed by atoms with Crippen LogP contribution >= 0.6 is 0 Å². The lowest BCUT2D eigenvalue weighted by Gasteiger charge is -2.18. The van der Waals surface area contributed by atoms with Crippen LogP contribution in [-0.2, 0) is 14.8 Å². The maximum atomic E-state index is 12.4. The molecule has 0 spiro atoms. The lowest BCUT2D eigenvalue weighted by Crippen LogP contribution is -2.26. The number of sulfonamides is 1. The molecule has 1 amide bonds. The molecule has 0 atom stereocenters. The zero-order chi connectivity index (χ0) is 20.1. The Morgan fingerprint density at radius 1 is 1.04 bits per heavy atom. The number of ether oxygens (including phenoxy) is 2. The number of carbonyl (C=O) groups excluding carboxylic acids is 1. The van der Waals surface area contributed by atoms with E-state index in [9.17, 15) is 13.2 Å². The average molecular weight is 404 g/mol. The van der Waals surface area contributed by atoms with Gasteiger partial charge in [0.25, 0.3) is 0 Å². The van der Waals surface area contributed by atoms with E-state index in [0.717, 1.165) is 16.8 Å². The van der Waals surface area contributed by atoms with Crippen molar-refractivity contribution < 1.29 is 22.7 Å². The Kier molecular flexibility index (Phi) is 6.21. The second-order valence-electron chi connectivity index (χ2n) is 6.67. The lowest BCUT2D eigenvalue weighted by molar-refractivity contribution is -0.116. The van der Waals surface area contributed by atoms with Crippen LogP contribution in [0.4, 0.5) is 5.69 Å². The van der Waals surface area contributed by atoms with Crippen molar-refractivity contribution in [2.75, 3.05) is 25.1 Å². The molecule has 0 fully saturated rings. The van der Waals surface area contributed by atoms with Crippen LogP contribution in [0, 0.1) is 13.8 Å². The molecule has 1 heterocycles. The van der Waals surface area contributed by atoms with Gasteiger partial charge in [-0.2, -0.15) is 0 Å². The number of fused-ring (bicyclic) bond motifs is 1. The van der Waals surface area contributed by atoms with E-state index in [-0.39, 0.29) is 23.8 Å². The Hall–Kier alpha value is -2.58. The first-order valence-electron chi connectivity index (χ1n) is 9.11. The van der Waals surface area contributed by atoms with Crippen LogP contribution in [0.5, 0.6) is 11.5 Å². The molecular formula is C20H24N2O5S. The number of anilines is 1. The van der Waals surface area contributed by atoms with E-state index in [4.69, 9.17) is 9.47 Å². The summed E-state index contributed by atoms with van der Waals surface area (Å²) in [4.78, 5) is 12.2. The number of benzene rings is 2. The van der Waals surface area contributed by atoms with Crippen LogP contribution in [0.2, 0.25) is 0 Å². The Labute approximate surface area is 165 Å². The molecule has 2 N–H and O–H groups in total. The first kappa shape index (κ1) is 20.2. The van der Waals surface area contributed by atoms with Crippen LogP contribution < -0.4 is 19.5 Å². The summed E-state index contributed by atoms with van der Waals surface area (Å²) in [6.45, 7) is 4.89. The van der Waals surface area contributed by atoms with Crippen molar-refractivity contribution in [2.24, 2.45) is 0 Å². The summed E-state index contributed by atoms with van der Waals surface area (Å²) in [5.74, 6) is 0.808. The monoisotopic (exact) mass is 404 g/mol. The van der Waals surface area contributed by atoms with E-state index in [2.05, 4.69) is 10.0 Å². The number of hydrogen-bond donors (Lipinski definition) is 2. The largest absolute Gasteiger partial charge is 0.486 e. The summed E-state index contributed by atoms with van der Waals surface area (Å²) in [5.41, 5.74) is 2.83. The Bertz CT molecular complexity index is 973. The summed E-state index contributed by atoms with van der Waals surface area (Å²) in [7, 11) is -3.68. The predicted molar refractivity (Wildman–Crippen MR) is 106 cm³/mol. The van der Waals surface area contributed by atoms with Crippen LogP contribution in [0.25, 0.3) is 0 Å². The van der Waals surface area contributed by atoms with Crippen molar-refractivity contribution in [3.8, 4) is 11.5 Å². The normalized spacial score (nSPS) is 13.2. The predicted octanol–water partition coefficient (Wildman–Crippen LogP) is 2.77. The fourth-order valence-electron chi connectivity index (χ4n) is 2.81. The SMILES string of the molecule is Cc1ccc(C)c(NC(=O)CCCNS(=O)(=O)c2ccc3c(c2)OCCO3)c1. The zero-order valence-electron chi connectivity index (χ0n) is 15.9. The molecular weight excluding hydrogens is 380 g/mol. The third-order valence-electron chi connectivity index (χ3n) is 4.36. The van der Waals surface area contributed by atoms with E-state index in [0.29, 0.717) is 31.1 Å². The summed E-state index contributed by atoms with van der Waals surface area (Å²) in [6, 6.07) is 10.4. The molecule has 28 heavy (non-hydrogen) atoms. The number of aryl methyl sites for hydroxylation is 2. The third-order valence-corrected chi connectivity index (χ3v) is 5.82. The first-order chi connectivity index (χ1) is 13.3. The molecule has 1 aliphatic rings. The highest BCUT2D eigenvalue weighted by atomic mass is 32.2. The average Bonchev–Trinajstić information content (AvgIpc) is 2.68. The van der Waals surface area contributed by atoms with Gasteiger partial charge in [-0.25, -0.2) is 13.1 Å². The maximum Gasteiger partial charge on any atom is 0.240 e. The van der Waals surface area contributed by atoms with Crippen molar-refractivity contribution in [3.05, 3.63) is 47.5 Å². The minimum atomic E-state index is -3.68. The van der Waals surface area contributed by atoms with Crippen molar-refractivity contribution in [1.29, 1.82) is 0 Å². The van der Waals surface area contributed by atoms with E-state index in [1.807, 2.05) is 32.0 Å². The molecule has 0 saturated carbocycles. The molecule has 7 nitrogen and oxygen atoms in total. The Morgan fingerprint density at radius 3 is 2.57 bits per heavy atom. The molecule has 0 bridgehead atoms. The second kappa shape index (κ2) is 8.62. The van der Waals surface area contributed by atoms with E-state index >= 15 is 0 Å². The molecule has 0 saturated heterocycles. The highest BCUT2D eigenvalue weighted by molar-refractivity contribution is 7.89. The molecule has 2 aromatic carbocycles. The van der Waals surface area contributed by atoms with Gasteiger partial charge in [0.1, 0.15) is 13.2 Å². The molecule has 150 valence electrons. The molecule has 8 heteroatoms. The van der Waals surface area contributed by atoms with Crippen LogP contribution in [0.3, 0.4) is 0 Å². The fourth-order valence-corrected chi connectivity index (χ4v) is 3.90. The minimum Gasteiger partial charge on any atom is -0.486 e. The summed E-state index contributed by atoms with van der Waals surface area (Å²) >= 11 is 0. The molecule has 1 aliphatic heterocycles.